The summed E-state index contributed by atoms with van der Waals surface area (Å²) in [6.45, 7) is 6.90. The molecule has 2 aromatic rings. The van der Waals surface area contributed by atoms with E-state index in [4.69, 9.17) is 0 Å². The molecule has 0 amide bonds. The molecule has 118 valence electrons. The zero-order valence-corrected chi connectivity index (χ0v) is 13.7. The van der Waals surface area contributed by atoms with E-state index in [1.165, 1.54) is 12.8 Å². The molecular weight excluding hydrogens is 272 g/mol. The fourth-order valence-corrected chi connectivity index (χ4v) is 4.37. The first-order valence-corrected chi connectivity index (χ1v) is 8.21. The molecule has 0 radical (unpaired) electrons. The number of rotatable bonds is 0. The minimum absolute atomic E-state index is 0.0313. The molecule has 3 atom stereocenters. The Morgan fingerprint density at radius 1 is 1.00 bits per heavy atom. The third kappa shape index (κ3) is 2.21. The second kappa shape index (κ2) is 5.27. The van der Waals surface area contributed by atoms with E-state index in [0.717, 1.165) is 23.1 Å². The van der Waals surface area contributed by atoms with E-state index < -0.39 is 0 Å². The van der Waals surface area contributed by atoms with Gasteiger partial charge in [0.25, 0.3) is 0 Å². The molecule has 0 saturated heterocycles. The van der Waals surface area contributed by atoms with Crippen LogP contribution in [-0.2, 0) is 0 Å². The lowest BCUT2D eigenvalue weighted by molar-refractivity contribution is 0.0126. The number of hydrogen-bond donors (Lipinski definition) is 2. The van der Waals surface area contributed by atoms with Crippen molar-refractivity contribution in [2.75, 3.05) is 0 Å². The smallest absolute Gasteiger partial charge is 0.123 e. The topological polar surface area (TPSA) is 40.5 Å². The van der Waals surface area contributed by atoms with Crippen LogP contribution in [0.5, 0.6) is 5.75 Å². The van der Waals surface area contributed by atoms with Crippen LogP contribution in [-0.4, -0.2) is 16.3 Å². The SMILES string of the molecule is CC1(C)C2CCC1(C)C(O)C2.Oc1cccc2ccccc12. The zero-order valence-electron chi connectivity index (χ0n) is 13.7. The van der Waals surface area contributed by atoms with Crippen molar-refractivity contribution < 1.29 is 10.2 Å². The molecule has 0 heterocycles. The normalized spacial score (nSPS) is 31.8. The number of benzene rings is 2. The van der Waals surface area contributed by atoms with Gasteiger partial charge in [-0.05, 0) is 47.5 Å². The summed E-state index contributed by atoms with van der Waals surface area (Å²) in [4.78, 5) is 0. The van der Waals surface area contributed by atoms with Crippen molar-refractivity contribution in [1.82, 2.24) is 0 Å². The van der Waals surface area contributed by atoms with Gasteiger partial charge in [0.15, 0.2) is 0 Å². The number of aliphatic hydroxyl groups excluding tert-OH is 1. The molecule has 0 aromatic heterocycles. The van der Waals surface area contributed by atoms with Crippen molar-refractivity contribution in [3.63, 3.8) is 0 Å². The van der Waals surface area contributed by atoms with Crippen molar-refractivity contribution in [1.29, 1.82) is 0 Å². The van der Waals surface area contributed by atoms with Gasteiger partial charge >= 0.3 is 0 Å². The summed E-state index contributed by atoms with van der Waals surface area (Å²) in [6, 6.07) is 13.3. The van der Waals surface area contributed by atoms with Gasteiger partial charge in [-0.1, -0.05) is 57.2 Å². The predicted molar refractivity (Wildman–Crippen MR) is 90.8 cm³/mol. The first-order chi connectivity index (χ1) is 10.4. The van der Waals surface area contributed by atoms with Crippen LogP contribution >= 0.6 is 0 Å². The maximum atomic E-state index is 9.81. The van der Waals surface area contributed by atoms with Gasteiger partial charge in [0, 0.05) is 5.39 Å². The number of fused-ring (bicyclic) bond motifs is 3. The Hall–Kier alpha value is -1.54. The van der Waals surface area contributed by atoms with Gasteiger partial charge in [0.05, 0.1) is 6.10 Å². The molecule has 2 aliphatic rings. The van der Waals surface area contributed by atoms with Crippen LogP contribution in [0.1, 0.15) is 40.0 Å². The molecule has 0 aliphatic heterocycles. The second-order valence-corrected chi connectivity index (χ2v) is 7.62. The Labute approximate surface area is 132 Å². The Morgan fingerprint density at radius 2 is 1.68 bits per heavy atom. The monoisotopic (exact) mass is 298 g/mol. The minimum Gasteiger partial charge on any atom is -0.507 e. The lowest BCUT2D eigenvalue weighted by atomic mass is 9.70. The second-order valence-electron chi connectivity index (χ2n) is 7.62. The highest BCUT2D eigenvalue weighted by Gasteiger charge is 2.60. The molecule has 2 saturated carbocycles. The van der Waals surface area contributed by atoms with Crippen molar-refractivity contribution in [2.24, 2.45) is 16.7 Å². The van der Waals surface area contributed by atoms with Crippen LogP contribution in [0, 0.1) is 16.7 Å². The molecular formula is C20H26O2. The molecule has 22 heavy (non-hydrogen) atoms. The number of phenols is 1. The quantitative estimate of drug-likeness (QED) is 0.737. The van der Waals surface area contributed by atoms with Gasteiger partial charge in [0.1, 0.15) is 5.75 Å². The van der Waals surface area contributed by atoms with Crippen molar-refractivity contribution in [2.45, 2.75) is 46.1 Å². The average Bonchev–Trinajstić information content (AvgIpc) is 2.82. The molecule has 2 aromatic carbocycles. The third-order valence-corrected chi connectivity index (χ3v) is 6.51. The number of hydrogen-bond acceptors (Lipinski definition) is 2. The van der Waals surface area contributed by atoms with Crippen LogP contribution < -0.4 is 0 Å². The van der Waals surface area contributed by atoms with Crippen molar-refractivity contribution >= 4 is 10.8 Å². The fraction of sp³-hybridized carbons (Fsp3) is 0.500. The average molecular weight is 298 g/mol. The first-order valence-electron chi connectivity index (χ1n) is 8.21. The summed E-state index contributed by atoms with van der Waals surface area (Å²) >= 11 is 0. The zero-order chi connectivity index (χ0) is 16.0. The number of phenolic OH excluding ortho intramolecular Hbond substituents is 1. The predicted octanol–water partition coefficient (Wildman–Crippen LogP) is 4.74. The molecule has 4 rings (SSSR count). The Morgan fingerprint density at radius 3 is 2.18 bits per heavy atom. The van der Waals surface area contributed by atoms with Gasteiger partial charge in [-0.3, -0.25) is 0 Å². The van der Waals surface area contributed by atoms with Crippen LogP contribution in [0.4, 0.5) is 0 Å². The van der Waals surface area contributed by atoms with Crippen LogP contribution in [0.2, 0.25) is 0 Å². The summed E-state index contributed by atoms with van der Waals surface area (Å²) in [5.41, 5.74) is 0.601. The third-order valence-electron chi connectivity index (χ3n) is 6.51. The van der Waals surface area contributed by atoms with E-state index in [2.05, 4.69) is 20.8 Å². The van der Waals surface area contributed by atoms with E-state index in [9.17, 15) is 10.2 Å². The highest BCUT2D eigenvalue weighted by Crippen LogP contribution is 2.65. The maximum absolute atomic E-state index is 9.81. The summed E-state index contributed by atoms with van der Waals surface area (Å²) in [5, 5.41) is 21.2. The van der Waals surface area contributed by atoms with E-state index in [1.807, 2.05) is 36.4 Å². The van der Waals surface area contributed by atoms with Crippen LogP contribution in [0.25, 0.3) is 10.8 Å². The Kier molecular flexibility index (Phi) is 3.68. The summed E-state index contributed by atoms with van der Waals surface area (Å²) in [6.07, 6.45) is 3.58. The van der Waals surface area contributed by atoms with Crippen LogP contribution in [0.3, 0.4) is 0 Å². The highest BCUT2D eigenvalue weighted by molar-refractivity contribution is 5.87. The molecule has 2 N–H and O–H groups in total. The maximum Gasteiger partial charge on any atom is 0.123 e. The molecule has 2 bridgehead atoms. The van der Waals surface area contributed by atoms with E-state index in [-0.39, 0.29) is 11.5 Å². The summed E-state index contributed by atoms with van der Waals surface area (Å²) < 4.78 is 0. The standard InChI is InChI=1S/C10H18O.C10H8O/c1-9(2)7-4-5-10(9,3)8(11)6-7;11-10-7-3-5-8-4-1-2-6-9(8)10/h7-8,11H,4-6H2,1-3H3;1-7,11H. The first kappa shape index (κ1) is 15.4. The largest absolute Gasteiger partial charge is 0.507 e. The van der Waals surface area contributed by atoms with Gasteiger partial charge in [0.2, 0.25) is 0 Å². The number of aromatic hydroxyl groups is 1. The van der Waals surface area contributed by atoms with E-state index in [1.54, 1.807) is 6.07 Å². The number of aliphatic hydroxyl groups is 1. The highest BCUT2D eigenvalue weighted by atomic mass is 16.3. The van der Waals surface area contributed by atoms with E-state index in [0.29, 0.717) is 11.2 Å². The summed E-state index contributed by atoms with van der Waals surface area (Å²) in [7, 11) is 0. The van der Waals surface area contributed by atoms with Gasteiger partial charge in [-0.2, -0.15) is 0 Å². The fourth-order valence-electron chi connectivity index (χ4n) is 4.37. The molecule has 2 nitrogen and oxygen atoms in total. The molecule has 3 unspecified atom stereocenters. The molecule has 2 aliphatic carbocycles. The van der Waals surface area contributed by atoms with Gasteiger partial charge in [-0.15, -0.1) is 0 Å². The van der Waals surface area contributed by atoms with Crippen molar-refractivity contribution in [3.05, 3.63) is 42.5 Å². The lowest BCUT2D eigenvalue weighted by Crippen LogP contribution is -2.35. The Balaban J connectivity index is 0.000000131. The minimum atomic E-state index is -0.0313. The molecule has 0 spiro atoms. The van der Waals surface area contributed by atoms with Crippen LogP contribution in [0.15, 0.2) is 42.5 Å². The molecule has 2 fully saturated rings. The van der Waals surface area contributed by atoms with Gasteiger partial charge < -0.3 is 10.2 Å². The summed E-state index contributed by atoms with van der Waals surface area (Å²) in [5.74, 6) is 1.13. The van der Waals surface area contributed by atoms with E-state index >= 15 is 0 Å². The molecule has 2 heteroatoms. The van der Waals surface area contributed by atoms with Gasteiger partial charge in [-0.25, -0.2) is 0 Å². The lowest BCUT2D eigenvalue weighted by Gasteiger charge is -2.36. The van der Waals surface area contributed by atoms with Crippen molar-refractivity contribution in [3.8, 4) is 5.75 Å². The Bertz CT molecular complexity index is 671.